The van der Waals surface area contributed by atoms with E-state index in [0.29, 0.717) is 5.69 Å². The van der Waals surface area contributed by atoms with E-state index in [-0.39, 0.29) is 6.61 Å². The Kier molecular flexibility index (Phi) is 5.95. The van der Waals surface area contributed by atoms with Gasteiger partial charge in [0, 0.05) is 10.6 Å². The van der Waals surface area contributed by atoms with E-state index >= 15 is 0 Å². The Labute approximate surface area is 106 Å². The van der Waals surface area contributed by atoms with Crippen LogP contribution in [0.15, 0.2) is 16.6 Å². The summed E-state index contributed by atoms with van der Waals surface area (Å²) in [4.78, 5) is 4.37. The standard InChI is InChI=1S/C9H8BrINOP/c10-8-4-3-7(2-1-5-13)12-9(8)6-14-11/h3-4,13-14H,5-6H2. The summed E-state index contributed by atoms with van der Waals surface area (Å²) in [6, 6.07) is 3.78. The zero-order valence-electron chi connectivity index (χ0n) is 7.22. The molecule has 0 aromatic carbocycles. The molecule has 0 aliphatic carbocycles. The third kappa shape index (κ3) is 3.82. The van der Waals surface area contributed by atoms with E-state index in [2.05, 4.69) is 54.8 Å². The second kappa shape index (κ2) is 6.73. The predicted octanol–water partition coefficient (Wildman–Crippen LogP) is 2.72. The van der Waals surface area contributed by atoms with Crippen LogP contribution in [-0.4, -0.2) is 16.7 Å². The highest BCUT2D eigenvalue weighted by Crippen LogP contribution is 2.29. The fourth-order valence-electron chi connectivity index (χ4n) is 0.871. The molecule has 0 saturated heterocycles. The van der Waals surface area contributed by atoms with E-state index in [4.69, 9.17) is 5.11 Å². The number of aliphatic hydroxyl groups is 1. The van der Waals surface area contributed by atoms with Crippen LogP contribution < -0.4 is 0 Å². The molecule has 0 aliphatic rings. The lowest BCUT2D eigenvalue weighted by Crippen LogP contribution is -1.91. The van der Waals surface area contributed by atoms with E-state index in [1.807, 2.05) is 12.1 Å². The Morgan fingerprint density at radius 2 is 2.36 bits per heavy atom. The minimum atomic E-state index is -0.124. The van der Waals surface area contributed by atoms with Crippen molar-refractivity contribution in [3.63, 3.8) is 0 Å². The van der Waals surface area contributed by atoms with Gasteiger partial charge in [-0.15, -0.1) is 0 Å². The molecule has 0 saturated carbocycles. The van der Waals surface area contributed by atoms with Crippen LogP contribution in [0.3, 0.4) is 0 Å². The molecular weight excluding hydrogens is 376 g/mol. The molecule has 5 heteroatoms. The van der Waals surface area contributed by atoms with Gasteiger partial charge in [0.15, 0.2) is 0 Å². The number of hydrogen-bond donors (Lipinski definition) is 1. The lowest BCUT2D eigenvalue weighted by atomic mass is 10.3. The summed E-state index contributed by atoms with van der Waals surface area (Å²) in [5, 5.41) is 8.54. The summed E-state index contributed by atoms with van der Waals surface area (Å²) in [5.41, 5.74) is 1.74. The second-order valence-corrected chi connectivity index (χ2v) is 6.16. The van der Waals surface area contributed by atoms with E-state index in [0.717, 1.165) is 22.6 Å². The molecule has 1 rings (SSSR count). The minimum absolute atomic E-state index is 0.124. The first-order valence-electron chi connectivity index (χ1n) is 3.86. The summed E-state index contributed by atoms with van der Waals surface area (Å²) >= 11 is 5.78. The van der Waals surface area contributed by atoms with Gasteiger partial charge in [-0.1, -0.05) is 28.0 Å². The minimum Gasteiger partial charge on any atom is -0.384 e. The number of aromatic nitrogens is 1. The fraction of sp³-hybridized carbons (Fsp3) is 0.222. The Morgan fingerprint density at radius 3 is 3.00 bits per heavy atom. The number of halogens is 2. The molecular formula is C9H8BrINOP. The Balaban J connectivity index is 2.94. The normalized spacial score (nSPS) is 10.2. The molecule has 74 valence electrons. The van der Waals surface area contributed by atoms with Gasteiger partial charge in [0.2, 0.25) is 0 Å². The number of aliphatic hydroxyl groups excluding tert-OH is 1. The topological polar surface area (TPSA) is 33.1 Å². The highest BCUT2D eigenvalue weighted by Gasteiger charge is 2.01. The van der Waals surface area contributed by atoms with Gasteiger partial charge in [-0.25, -0.2) is 4.98 Å². The first-order chi connectivity index (χ1) is 6.77. The van der Waals surface area contributed by atoms with Crippen molar-refractivity contribution in [3.8, 4) is 11.8 Å². The van der Waals surface area contributed by atoms with Crippen LogP contribution in [-0.2, 0) is 6.16 Å². The second-order valence-electron chi connectivity index (χ2n) is 2.40. The third-order valence-corrected chi connectivity index (χ3v) is 3.78. The van der Waals surface area contributed by atoms with E-state index < -0.39 is 0 Å². The smallest absolute Gasteiger partial charge is 0.113 e. The van der Waals surface area contributed by atoms with E-state index in [1.165, 1.54) is 0 Å². The number of rotatable bonds is 2. The average Bonchev–Trinajstić information content (AvgIpc) is 2.19. The molecule has 1 aromatic rings. The van der Waals surface area contributed by atoms with Crippen LogP contribution >= 0.6 is 44.2 Å². The average molecular weight is 384 g/mol. The third-order valence-electron chi connectivity index (χ3n) is 1.45. The van der Waals surface area contributed by atoms with E-state index in [9.17, 15) is 0 Å². The van der Waals surface area contributed by atoms with Gasteiger partial charge >= 0.3 is 0 Å². The van der Waals surface area contributed by atoms with Crippen molar-refractivity contribution >= 4 is 44.2 Å². The fourth-order valence-corrected chi connectivity index (χ4v) is 2.97. The number of nitrogens with zero attached hydrogens (tertiary/aromatic N) is 1. The van der Waals surface area contributed by atoms with Crippen LogP contribution in [0.5, 0.6) is 0 Å². The Bertz CT molecular complexity index is 375. The van der Waals surface area contributed by atoms with Gasteiger partial charge in [0.25, 0.3) is 0 Å². The summed E-state index contributed by atoms with van der Waals surface area (Å²) in [7, 11) is 0. The largest absolute Gasteiger partial charge is 0.384 e. The monoisotopic (exact) mass is 383 g/mol. The molecule has 0 radical (unpaired) electrons. The van der Waals surface area contributed by atoms with Crippen molar-refractivity contribution in [3.05, 3.63) is 28.0 Å². The van der Waals surface area contributed by atoms with E-state index in [1.54, 1.807) is 0 Å². The van der Waals surface area contributed by atoms with Crippen molar-refractivity contribution in [1.29, 1.82) is 0 Å². The molecule has 0 amide bonds. The SMILES string of the molecule is OCC#Cc1ccc(Br)c(CPI)n1. The lowest BCUT2D eigenvalue weighted by Gasteiger charge is -2.01. The molecule has 0 bridgehead atoms. The zero-order chi connectivity index (χ0) is 10.4. The van der Waals surface area contributed by atoms with Gasteiger partial charge in [-0.05, 0) is 40.2 Å². The molecule has 1 N–H and O–H groups in total. The van der Waals surface area contributed by atoms with Crippen LogP contribution in [0, 0.1) is 11.8 Å². The maximum absolute atomic E-state index is 8.54. The highest BCUT2D eigenvalue weighted by atomic mass is 127. The maximum Gasteiger partial charge on any atom is 0.113 e. The van der Waals surface area contributed by atoms with Crippen molar-refractivity contribution in [2.75, 3.05) is 6.61 Å². The van der Waals surface area contributed by atoms with Crippen LogP contribution in [0.2, 0.25) is 0 Å². The van der Waals surface area contributed by atoms with Crippen molar-refractivity contribution in [2.24, 2.45) is 0 Å². The number of pyridine rings is 1. The van der Waals surface area contributed by atoms with Crippen molar-refractivity contribution in [1.82, 2.24) is 4.98 Å². The van der Waals surface area contributed by atoms with Gasteiger partial charge in [0.05, 0.1) is 5.69 Å². The molecule has 1 aromatic heterocycles. The highest BCUT2D eigenvalue weighted by molar-refractivity contribution is 14.2. The quantitative estimate of drug-likeness (QED) is 0.484. The molecule has 1 heterocycles. The summed E-state index contributed by atoms with van der Waals surface area (Å²) < 4.78 is 1.02. The Morgan fingerprint density at radius 1 is 1.57 bits per heavy atom. The van der Waals surface area contributed by atoms with Gasteiger partial charge in [0.1, 0.15) is 12.3 Å². The summed E-state index contributed by atoms with van der Waals surface area (Å²) in [6.45, 7) is -0.124. The maximum atomic E-state index is 8.54. The van der Waals surface area contributed by atoms with Crippen molar-refractivity contribution < 1.29 is 5.11 Å². The molecule has 1 atom stereocenters. The predicted molar refractivity (Wildman–Crippen MR) is 71.9 cm³/mol. The van der Waals surface area contributed by atoms with Gasteiger partial charge in [-0.3, -0.25) is 0 Å². The first-order valence-corrected chi connectivity index (χ1v) is 8.98. The molecule has 14 heavy (non-hydrogen) atoms. The zero-order valence-corrected chi connectivity index (χ0v) is 12.0. The summed E-state index contributed by atoms with van der Waals surface area (Å²) in [6.07, 6.45) is 1.76. The van der Waals surface area contributed by atoms with Crippen LogP contribution in [0.1, 0.15) is 11.4 Å². The summed E-state index contributed by atoms with van der Waals surface area (Å²) in [5.74, 6) is 5.37. The van der Waals surface area contributed by atoms with Crippen molar-refractivity contribution in [2.45, 2.75) is 6.16 Å². The lowest BCUT2D eigenvalue weighted by molar-refractivity contribution is 0.350. The van der Waals surface area contributed by atoms with Gasteiger partial charge in [-0.2, -0.15) is 0 Å². The van der Waals surface area contributed by atoms with Crippen LogP contribution in [0.25, 0.3) is 0 Å². The Hall–Kier alpha value is 0.310. The molecule has 0 spiro atoms. The van der Waals surface area contributed by atoms with Gasteiger partial charge < -0.3 is 5.11 Å². The molecule has 0 aliphatic heterocycles. The molecule has 0 fully saturated rings. The molecule has 1 unspecified atom stereocenters. The first kappa shape index (κ1) is 12.4. The molecule has 2 nitrogen and oxygen atoms in total. The number of hydrogen-bond acceptors (Lipinski definition) is 2. The van der Waals surface area contributed by atoms with Crippen LogP contribution in [0.4, 0.5) is 0 Å².